The predicted octanol–water partition coefficient (Wildman–Crippen LogP) is 3.80. The first kappa shape index (κ1) is 19.9. The molecule has 3 aromatic rings. The van der Waals surface area contributed by atoms with Crippen molar-refractivity contribution in [1.29, 1.82) is 0 Å². The molecule has 1 aliphatic rings. The molecule has 3 heterocycles. The van der Waals surface area contributed by atoms with Gasteiger partial charge in [0.05, 0.1) is 11.3 Å². The fraction of sp³-hybridized carbons (Fsp3) is 0.318. The van der Waals surface area contributed by atoms with Crippen LogP contribution in [0.4, 0.5) is 9.18 Å². The molecule has 0 fully saturated rings. The van der Waals surface area contributed by atoms with Gasteiger partial charge in [-0.1, -0.05) is 11.2 Å². The zero-order chi connectivity index (χ0) is 21.3. The first-order chi connectivity index (χ1) is 14.4. The first-order valence-electron chi connectivity index (χ1n) is 9.71. The SMILES string of the molecule is Cc1onc(-c2ccc(F)cc2)c1COc1ccc2c(n1)CCN(C(=O)N(C)C)C2. The topological polar surface area (TPSA) is 71.7 Å². The van der Waals surface area contributed by atoms with Crippen LogP contribution in [-0.4, -0.2) is 46.6 Å². The van der Waals surface area contributed by atoms with Crippen LogP contribution in [0.2, 0.25) is 0 Å². The molecule has 0 N–H and O–H groups in total. The molecule has 0 bridgehead atoms. The fourth-order valence-corrected chi connectivity index (χ4v) is 3.46. The van der Waals surface area contributed by atoms with Crippen molar-refractivity contribution in [2.45, 2.75) is 26.5 Å². The lowest BCUT2D eigenvalue weighted by atomic mass is 10.1. The van der Waals surface area contributed by atoms with Crippen LogP contribution in [0.15, 0.2) is 40.9 Å². The Morgan fingerprint density at radius 1 is 1.23 bits per heavy atom. The lowest BCUT2D eigenvalue weighted by molar-refractivity contribution is 0.165. The Bertz CT molecular complexity index is 1060. The third-order valence-electron chi connectivity index (χ3n) is 5.14. The van der Waals surface area contributed by atoms with E-state index in [4.69, 9.17) is 9.26 Å². The molecule has 1 aromatic carbocycles. The number of urea groups is 1. The molecule has 7 nitrogen and oxygen atoms in total. The van der Waals surface area contributed by atoms with E-state index >= 15 is 0 Å². The van der Waals surface area contributed by atoms with Gasteiger partial charge in [0.25, 0.3) is 0 Å². The van der Waals surface area contributed by atoms with Crippen molar-refractivity contribution >= 4 is 6.03 Å². The molecule has 0 radical (unpaired) electrons. The number of nitrogens with zero attached hydrogens (tertiary/aromatic N) is 4. The van der Waals surface area contributed by atoms with Crippen molar-refractivity contribution in [2.75, 3.05) is 20.6 Å². The van der Waals surface area contributed by atoms with Gasteiger partial charge < -0.3 is 19.1 Å². The Morgan fingerprint density at radius 3 is 2.73 bits per heavy atom. The second-order valence-corrected chi connectivity index (χ2v) is 7.47. The number of benzene rings is 1. The average Bonchev–Trinajstić information content (AvgIpc) is 3.12. The molecule has 0 spiro atoms. The molecule has 0 atom stereocenters. The van der Waals surface area contributed by atoms with Gasteiger partial charge >= 0.3 is 6.03 Å². The van der Waals surface area contributed by atoms with Crippen LogP contribution in [0.1, 0.15) is 22.6 Å². The molecule has 0 unspecified atom stereocenters. The van der Waals surface area contributed by atoms with Crippen molar-refractivity contribution in [3.8, 4) is 17.1 Å². The maximum absolute atomic E-state index is 13.2. The van der Waals surface area contributed by atoms with E-state index in [-0.39, 0.29) is 18.5 Å². The van der Waals surface area contributed by atoms with E-state index in [2.05, 4.69) is 10.1 Å². The van der Waals surface area contributed by atoms with Crippen LogP contribution >= 0.6 is 0 Å². The van der Waals surface area contributed by atoms with Crippen LogP contribution in [0, 0.1) is 12.7 Å². The van der Waals surface area contributed by atoms with E-state index in [1.54, 1.807) is 36.0 Å². The van der Waals surface area contributed by atoms with Crippen LogP contribution in [0.25, 0.3) is 11.3 Å². The van der Waals surface area contributed by atoms with Crippen LogP contribution in [-0.2, 0) is 19.6 Å². The molecule has 30 heavy (non-hydrogen) atoms. The van der Waals surface area contributed by atoms with Gasteiger partial charge in [0, 0.05) is 45.2 Å². The van der Waals surface area contributed by atoms with E-state index in [9.17, 15) is 9.18 Å². The number of aryl methyl sites for hydroxylation is 1. The first-order valence-corrected chi connectivity index (χ1v) is 9.71. The zero-order valence-corrected chi connectivity index (χ0v) is 17.2. The molecular weight excluding hydrogens is 387 g/mol. The molecule has 4 rings (SSSR count). The summed E-state index contributed by atoms with van der Waals surface area (Å²) in [5.41, 5.74) is 4.15. The standard InChI is InChI=1S/C22H23FN4O3/c1-14-18(21(25-30-14)15-4-7-17(23)8-5-15)13-29-20-9-6-16-12-27(22(28)26(2)3)11-10-19(16)24-20/h4-9H,10-13H2,1-3H3. The van der Waals surface area contributed by atoms with Gasteiger partial charge in [-0.15, -0.1) is 0 Å². The minimum absolute atomic E-state index is 0.00256. The molecular formula is C22H23FN4O3. The summed E-state index contributed by atoms with van der Waals surface area (Å²) in [6.07, 6.45) is 0.680. The highest BCUT2D eigenvalue weighted by Crippen LogP contribution is 2.27. The minimum atomic E-state index is -0.305. The van der Waals surface area contributed by atoms with Gasteiger partial charge in [0.2, 0.25) is 5.88 Å². The summed E-state index contributed by atoms with van der Waals surface area (Å²) in [6.45, 7) is 3.22. The summed E-state index contributed by atoms with van der Waals surface area (Å²) in [5, 5.41) is 4.10. The number of halogens is 1. The summed E-state index contributed by atoms with van der Waals surface area (Å²) in [5.74, 6) is 0.845. The summed E-state index contributed by atoms with van der Waals surface area (Å²) >= 11 is 0. The van der Waals surface area contributed by atoms with E-state index in [1.165, 1.54) is 12.1 Å². The number of aromatic nitrogens is 2. The number of carbonyl (C=O) groups is 1. The monoisotopic (exact) mass is 410 g/mol. The van der Waals surface area contributed by atoms with Crippen LogP contribution in [0.5, 0.6) is 5.88 Å². The summed E-state index contributed by atoms with van der Waals surface area (Å²) < 4.78 is 24.5. The highest BCUT2D eigenvalue weighted by atomic mass is 19.1. The van der Waals surface area contributed by atoms with Crippen molar-refractivity contribution in [3.63, 3.8) is 0 Å². The summed E-state index contributed by atoms with van der Waals surface area (Å²) in [6, 6.07) is 9.86. The molecule has 0 aliphatic carbocycles. The Labute approximate surface area is 174 Å². The Kier molecular flexibility index (Phi) is 5.39. The van der Waals surface area contributed by atoms with Gasteiger partial charge in [-0.25, -0.2) is 14.2 Å². The molecule has 2 amide bonds. The maximum Gasteiger partial charge on any atom is 0.319 e. The highest BCUT2D eigenvalue weighted by molar-refractivity contribution is 5.74. The van der Waals surface area contributed by atoms with Gasteiger partial charge in [0.15, 0.2) is 0 Å². The maximum atomic E-state index is 13.2. The van der Waals surface area contributed by atoms with Crippen molar-refractivity contribution in [1.82, 2.24) is 19.9 Å². The predicted molar refractivity (Wildman–Crippen MR) is 108 cm³/mol. The highest BCUT2D eigenvalue weighted by Gasteiger charge is 2.23. The summed E-state index contributed by atoms with van der Waals surface area (Å²) in [7, 11) is 3.50. The third kappa shape index (κ3) is 3.98. The smallest absolute Gasteiger partial charge is 0.319 e. The molecule has 8 heteroatoms. The third-order valence-corrected chi connectivity index (χ3v) is 5.14. The van der Waals surface area contributed by atoms with Gasteiger partial charge in [-0.2, -0.15) is 0 Å². The van der Waals surface area contributed by atoms with Crippen molar-refractivity contribution < 1.29 is 18.4 Å². The lowest BCUT2D eigenvalue weighted by Crippen LogP contribution is -2.42. The number of pyridine rings is 1. The number of hydrogen-bond acceptors (Lipinski definition) is 5. The van der Waals surface area contributed by atoms with Gasteiger partial charge in [0.1, 0.15) is 23.9 Å². The number of hydrogen-bond donors (Lipinski definition) is 0. The quantitative estimate of drug-likeness (QED) is 0.654. The largest absolute Gasteiger partial charge is 0.473 e. The van der Waals surface area contributed by atoms with E-state index in [0.717, 1.165) is 22.4 Å². The van der Waals surface area contributed by atoms with E-state index in [0.29, 0.717) is 36.8 Å². The fourth-order valence-electron chi connectivity index (χ4n) is 3.46. The average molecular weight is 410 g/mol. The second kappa shape index (κ2) is 8.14. The molecule has 0 saturated heterocycles. The normalized spacial score (nSPS) is 13.1. The number of fused-ring (bicyclic) bond motifs is 1. The second-order valence-electron chi connectivity index (χ2n) is 7.47. The van der Waals surface area contributed by atoms with E-state index < -0.39 is 0 Å². The van der Waals surface area contributed by atoms with Crippen molar-refractivity contribution in [2.24, 2.45) is 0 Å². The lowest BCUT2D eigenvalue weighted by Gasteiger charge is -2.30. The van der Waals surface area contributed by atoms with Gasteiger partial charge in [-0.3, -0.25) is 0 Å². The number of rotatable bonds is 4. The molecule has 0 saturated carbocycles. The van der Waals surface area contributed by atoms with Crippen LogP contribution in [0.3, 0.4) is 0 Å². The summed E-state index contributed by atoms with van der Waals surface area (Å²) in [4.78, 5) is 20.2. The number of amides is 2. The number of ether oxygens (including phenoxy) is 1. The molecule has 1 aliphatic heterocycles. The Balaban J connectivity index is 1.48. The molecule has 156 valence electrons. The van der Waals surface area contributed by atoms with Crippen molar-refractivity contribution in [3.05, 3.63) is 64.8 Å². The van der Waals surface area contributed by atoms with Gasteiger partial charge in [-0.05, 0) is 36.8 Å². The Hall–Kier alpha value is -3.42. The van der Waals surface area contributed by atoms with Crippen LogP contribution < -0.4 is 4.74 Å². The molecule has 2 aromatic heterocycles. The Morgan fingerprint density at radius 2 is 2.00 bits per heavy atom. The zero-order valence-electron chi connectivity index (χ0n) is 17.2. The van der Waals surface area contributed by atoms with E-state index in [1.807, 2.05) is 19.1 Å². The number of carbonyl (C=O) groups excluding carboxylic acids is 1. The minimum Gasteiger partial charge on any atom is -0.473 e.